The number of halogens is 3. The van der Waals surface area contributed by atoms with Crippen LogP contribution in [0, 0.1) is 22.9 Å². The number of benzene rings is 1. The van der Waals surface area contributed by atoms with Crippen molar-refractivity contribution in [2.24, 2.45) is 16.3 Å². The third kappa shape index (κ3) is 4.04. The summed E-state index contributed by atoms with van der Waals surface area (Å²) < 4.78 is 39.4. The topological polar surface area (TPSA) is 70.6 Å². The van der Waals surface area contributed by atoms with Crippen LogP contribution in [0.1, 0.15) is 26.7 Å². The van der Waals surface area contributed by atoms with Gasteiger partial charge in [-0.05, 0) is 12.8 Å². The highest BCUT2D eigenvalue weighted by molar-refractivity contribution is 5.85. The fraction of sp³-hybridized carbons (Fsp3) is 0.462. The van der Waals surface area contributed by atoms with Gasteiger partial charge in [-0.15, -0.1) is 0 Å². The van der Waals surface area contributed by atoms with Gasteiger partial charge in [-0.25, -0.2) is 13.2 Å². The van der Waals surface area contributed by atoms with Crippen LogP contribution in [-0.2, 0) is 0 Å². The molecule has 0 aliphatic rings. The molecule has 1 aromatic carbocycles. The number of rotatable bonds is 6. The Morgan fingerprint density at radius 1 is 1.30 bits per heavy atom. The van der Waals surface area contributed by atoms with E-state index in [0.29, 0.717) is 25.0 Å². The molecule has 112 valence electrons. The molecule has 4 nitrogen and oxygen atoms in total. The number of oxime groups is 1. The van der Waals surface area contributed by atoms with Crippen molar-refractivity contribution >= 4 is 11.5 Å². The van der Waals surface area contributed by atoms with Crippen LogP contribution < -0.4 is 11.1 Å². The highest BCUT2D eigenvalue weighted by atomic mass is 19.1. The Kier molecular flexibility index (Phi) is 5.24. The van der Waals surface area contributed by atoms with Gasteiger partial charge in [0.2, 0.25) is 0 Å². The van der Waals surface area contributed by atoms with E-state index in [1.54, 1.807) is 13.8 Å². The van der Waals surface area contributed by atoms with Gasteiger partial charge in [0.25, 0.3) is 0 Å². The molecule has 7 heteroatoms. The lowest BCUT2D eigenvalue weighted by Gasteiger charge is -2.22. The quantitative estimate of drug-likeness (QED) is 0.248. The number of hydrogen-bond donors (Lipinski definition) is 3. The van der Waals surface area contributed by atoms with Gasteiger partial charge in [0.05, 0.1) is 0 Å². The first-order valence-electron chi connectivity index (χ1n) is 6.14. The van der Waals surface area contributed by atoms with Crippen LogP contribution in [0.5, 0.6) is 0 Å². The van der Waals surface area contributed by atoms with E-state index in [2.05, 4.69) is 10.5 Å². The van der Waals surface area contributed by atoms with E-state index in [0.717, 1.165) is 0 Å². The van der Waals surface area contributed by atoms with Crippen molar-refractivity contribution in [3.05, 3.63) is 29.6 Å². The Labute approximate surface area is 115 Å². The molecule has 0 heterocycles. The van der Waals surface area contributed by atoms with Gasteiger partial charge in [-0.1, -0.05) is 19.0 Å². The molecule has 0 aliphatic carbocycles. The maximum atomic E-state index is 13.3. The lowest BCUT2D eigenvalue weighted by Crippen LogP contribution is -2.32. The van der Waals surface area contributed by atoms with Crippen LogP contribution >= 0.6 is 0 Å². The zero-order valence-corrected chi connectivity index (χ0v) is 11.4. The molecular weight excluding hydrogens is 271 g/mol. The van der Waals surface area contributed by atoms with Crippen LogP contribution in [-0.4, -0.2) is 17.6 Å². The monoisotopic (exact) mass is 289 g/mol. The minimum Gasteiger partial charge on any atom is -0.409 e. The predicted octanol–water partition coefficient (Wildman–Crippen LogP) is 3.07. The maximum Gasteiger partial charge on any atom is 0.152 e. The number of nitrogens with zero attached hydrogens (tertiary/aromatic N) is 1. The molecule has 0 unspecified atom stereocenters. The Morgan fingerprint density at radius 2 is 1.85 bits per heavy atom. The molecule has 0 saturated heterocycles. The summed E-state index contributed by atoms with van der Waals surface area (Å²) in [5.41, 5.74) is 4.66. The summed E-state index contributed by atoms with van der Waals surface area (Å²) in [6.45, 7) is 3.86. The van der Waals surface area contributed by atoms with Crippen molar-refractivity contribution in [3.63, 3.8) is 0 Å². The van der Waals surface area contributed by atoms with Gasteiger partial charge in [0.1, 0.15) is 17.3 Å². The van der Waals surface area contributed by atoms with Gasteiger partial charge in [-0.2, -0.15) is 0 Å². The predicted molar refractivity (Wildman–Crippen MR) is 71.2 cm³/mol. The first-order chi connectivity index (χ1) is 9.27. The number of nitrogens with two attached hydrogens (primary N) is 1. The molecule has 0 saturated carbocycles. The van der Waals surface area contributed by atoms with Gasteiger partial charge < -0.3 is 16.3 Å². The van der Waals surface area contributed by atoms with Crippen molar-refractivity contribution in [3.8, 4) is 0 Å². The van der Waals surface area contributed by atoms with Crippen molar-refractivity contribution in [1.29, 1.82) is 0 Å². The van der Waals surface area contributed by atoms with E-state index in [4.69, 9.17) is 10.9 Å². The van der Waals surface area contributed by atoms with E-state index in [1.165, 1.54) is 0 Å². The molecule has 0 atom stereocenters. The van der Waals surface area contributed by atoms with Gasteiger partial charge >= 0.3 is 0 Å². The minimum absolute atomic E-state index is 0.0941. The van der Waals surface area contributed by atoms with Crippen molar-refractivity contribution in [1.82, 2.24) is 0 Å². The molecule has 0 radical (unpaired) electrons. The van der Waals surface area contributed by atoms with Crippen LogP contribution in [0.25, 0.3) is 0 Å². The zero-order chi connectivity index (χ0) is 15.3. The summed E-state index contributed by atoms with van der Waals surface area (Å²) in [6, 6.07) is 1.23. The summed E-state index contributed by atoms with van der Waals surface area (Å²) in [6.07, 6.45) is 1.10. The average molecular weight is 289 g/mol. The van der Waals surface area contributed by atoms with E-state index in [-0.39, 0.29) is 18.1 Å². The summed E-state index contributed by atoms with van der Waals surface area (Å²) in [7, 11) is 0. The molecular formula is C13H18F3N3O. The largest absolute Gasteiger partial charge is 0.409 e. The Hall–Kier alpha value is -1.92. The van der Waals surface area contributed by atoms with E-state index in [1.807, 2.05) is 0 Å². The molecule has 20 heavy (non-hydrogen) atoms. The highest BCUT2D eigenvalue weighted by Gasteiger charge is 2.23. The molecule has 0 aromatic heterocycles. The first-order valence-corrected chi connectivity index (χ1v) is 6.14. The van der Waals surface area contributed by atoms with Crippen LogP contribution in [0.15, 0.2) is 17.3 Å². The normalized spacial score (nSPS) is 12.6. The maximum absolute atomic E-state index is 13.3. The molecule has 0 fully saturated rings. The van der Waals surface area contributed by atoms with Gasteiger partial charge in [0, 0.05) is 24.1 Å². The average Bonchev–Trinajstić information content (AvgIpc) is 2.35. The molecule has 0 amide bonds. The molecule has 4 N–H and O–H groups in total. The summed E-state index contributed by atoms with van der Waals surface area (Å²) in [5, 5.41) is 14.1. The van der Waals surface area contributed by atoms with Crippen molar-refractivity contribution < 1.29 is 18.4 Å². The standard InChI is InChI=1S/C13H18F3N3O/c1-13(2,12(17)19-20)4-3-5-18-11-9(15)6-8(14)7-10(11)16/h6-7,18,20H,3-5H2,1-2H3,(H2,17,19). The van der Waals surface area contributed by atoms with Crippen LogP contribution in [0.2, 0.25) is 0 Å². The third-order valence-corrected chi connectivity index (χ3v) is 3.09. The van der Waals surface area contributed by atoms with Gasteiger partial charge in [0.15, 0.2) is 11.6 Å². The Morgan fingerprint density at radius 3 is 2.35 bits per heavy atom. The van der Waals surface area contributed by atoms with Crippen molar-refractivity contribution in [2.45, 2.75) is 26.7 Å². The molecule has 1 rings (SSSR count). The van der Waals surface area contributed by atoms with Crippen LogP contribution in [0.3, 0.4) is 0 Å². The fourth-order valence-electron chi connectivity index (χ4n) is 1.72. The minimum atomic E-state index is -0.974. The first kappa shape index (κ1) is 16.1. The van der Waals surface area contributed by atoms with E-state index in [9.17, 15) is 13.2 Å². The highest BCUT2D eigenvalue weighted by Crippen LogP contribution is 2.24. The van der Waals surface area contributed by atoms with E-state index >= 15 is 0 Å². The lowest BCUT2D eigenvalue weighted by atomic mass is 9.86. The van der Waals surface area contributed by atoms with E-state index < -0.39 is 22.9 Å². The zero-order valence-electron chi connectivity index (χ0n) is 11.4. The third-order valence-electron chi connectivity index (χ3n) is 3.09. The smallest absolute Gasteiger partial charge is 0.152 e. The SMILES string of the molecule is CC(C)(CCCNc1c(F)cc(F)cc1F)C(N)=NO. The molecule has 0 spiro atoms. The molecule has 0 bridgehead atoms. The summed E-state index contributed by atoms with van der Waals surface area (Å²) in [4.78, 5) is 0. The number of amidine groups is 1. The van der Waals surface area contributed by atoms with Crippen molar-refractivity contribution in [2.75, 3.05) is 11.9 Å². The second-order valence-electron chi connectivity index (χ2n) is 5.14. The Bertz CT molecular complexity index is 481. The Balaban J connectivity index is 2.54. The summed E-state index contributed by atoms with van der Waals surface area (Å²) >= 11 is 0. The molecule has 0 aliphatic heterocycles. The fourth-order valence-corrected chi connectivity index (χ4v) is 1.72. The molecule has 1 aromatic rings. The van der Waals surface area contributed by atoms with Gasteiger partial charge in [-0.3, -0.25) is 0 Å². The lowest BCUT2D eigenvalue weighted by molar-refractivity contribution is 0.305. The second-order valence-corrected chi connectivity index (χ2v) is 5.14. The summed E-state index contributed by atoms with van der Waals surface area (Å²) in [5.74, 6) is -2.81. The van der Waals surface area contributed by atoms with Crippen LogP contribution in [0.4, 0.5) is 18.9 Å². The number of hydrogen-bond acceptors (Lipinski definition) is 3. The number of anilines is 1. The second kappa shape index (κ2) is 6.49. The number of nitrogens with one attached hydrogen (secondary N) is 1.